The third-order valence-electron chi connectivity index (χ3n) is 3.12. The SMILES string of the molecule is CCN(CCCS(N)(=O)=O)C1CCCC1. The first-order valence-electron chi connectivity index (χ1n) is 5.77. The van der Waals surface area contributed by atoms with Crippen molar-refractivity contribution in [1.29, 1.82) is 0 Å². The van der Waals surface area contributed by atoms with Crippen LogP contribution in [-0.4, -0.2) is 38.2 Å². The minimum absolute atomic E-state index is 0.107. The number of hydrogen-bond acceptors (Lipinski definition) is 3. The van der Waals surface area contributed by atoms with E-state index in [2.05, 4.69) is 11.8 Å². The summed E-state index contributed by atoms with van der Waals surface area (Å²) in [7, 11) is -3.28. The molecule has 0 unspecified atom stereocenters. The largest absolute Gasteiger partial charge is 0.301 e. The minimum Gasteiger partial charge on any atom is -0.301 e. The standard InChI is InChI=1S/C10H22N2O2S/c1-2-12(10-6-3-4-7-10)8-5-9-15(11,13)14/h10H,2-9H2,1H3,(H2,11,13,14). The van der Waals surface area contributed by atoms with Crippen LogP contribution in [0.15, 0.2) is 0 Å². The number of rotatable bonds is 6. The van der Waals surface area contributed by atoms with E-state index in [4.69, 9.17) is 5.14 Å². The van der Waals surface area contributed by atoms with Gasteiger partial charge < -0.3 is 4.90 Å². The molecule has 0 aromatic carbocycles. The number of nitrogens with two attached hydrogens (primary N) is 1. The first kappa shape index (κ1) is 12.9. The Morgan fingerprint density at radius 2 is 1.93 bits per heavy atom. The first-order chi connectivity index (χ1) is 7.03. The third kappa shape index (κ3) is 4.95. The van der Waals surface area contributed by atoms with E-state index in [0.29, 0.717) is 12.5 Å². The van der Waals surface area contributed by atoms with Gasteiger partial charge in [-0.3, -0.25) is 0 Å². The Morgan fingerprint density at radius 1 is 1.33 bits per heavy atom. The summed E-state index contributed by atoms with van der Waals surface area (Å²) in [6.45, 7) is 4.00. The molecule has 1 rings (SSSR count). The van der Waals surface area contributed by atoms with Crippen LogP contribution in [0.2, 0.25) is 0 Å². The Labute approximate surface area is 92.9 Å². The highest BCUT2D eigenvalue weighted by atomic mass is 32.2. The molecule has 15 heavy (non-hydrogen) atoms. The topological polar surface area (TPSA) is 63.4 Å². The maximum atomic E-state index is 10.8. The summed E-state index contributed by atoms with van der Waals surface area (Å²) in [5, 5.41) is 4.97. The first-order valence-corrected chi connectivity index (χ1v) is 7.49. The van der Waals surface area contributed by atoms with Crippen LogP contribution in [-0.2, 0) is 10.0 Å². The molecule has 0 bridgehead atoms. The van der Waals surface area contributed by atoms with Gasteiger partial charge in [0.15, 0.2) is 0 Å². The lowest BCUT2D eigenvalue weighted by Gasteiger charge is -2.27. The van der Waals surface area contributed by atoms with E-state index in [-0.39, 0.29) is 5.75 Å². The molecule has 2 N–H and O–H groups in total. The van der Waals surface area contributed by atoms with Crippen molar-refractivity contribution in [1.82, 2.24) is 4.90 Å². The summed E-state index contributed by atoms with van der Waals surface area (Å²) in [6.07, 6.45) is 5.82. The molecule has 90 valence electrons. The molecular weight excluding hydrogens is 212 g/mol. The second-order valence-electron chi connectivity index (χ2n) is 4.29. The van der Waals surface area contributed by atoms with Gasteiger partial charge in [0.05, 0.1) is 5.75 Å². The van der Waals surface area contributed by atoms with E-state index >= 15 is 0 Å². The van der Waals surface area contributed by atoms with Gasteiger partial charge in [-0.25, -0.2) is 13.6 Å². The molecule has 0 aromatic heterocycles. The molecule has 5 heteroatoms. The molecule has 0 spiro atoms. The Bertz CT molecular complexity index is 271. The second-order valence-corrected chi connectivity index (χ2v) is 6.02. The molecule has 0 amide bonds. The van der Waals surface area contributed by atoms with Crippen molar-refractivity contribution in [3.8, 4) is 0 Å². The summed E-state index contributed by atoms with van der Waals surface area (Å²) in [5.74, 6) is 0.107. The molecule has 0 heterocycles. The van der Waals surface area contributed by atoms with Crippen LogP contribution in [0.5, 0.6) is 0 Å². The fourth-order valence-corrected chi connectivity index (χ4v) is 2.87. The maximum absolute atomic E-state index is 10.8. The lowest BCUT2D eigenvalue weighted by molar-refractivity contribution is 0.209. The molecule has 1 saturated carbocycles. The van der Waals surface area contributed by atoms with E-state index in [1.165, 1.54) is 25.7 Å². The summed E-state index contributed by atoms with van der Waals surface area (Å²) >= 11 is 0. The lowest BCUT2D eigenvalue weighted by atomic mass is 10.2. The molecular formula is C10H22N2O2S. The quantitative estimate of drug-likeness (QED) is 0.743. The predicted molar refractivity (Wildman–Crippen MR) is 62.1 cm³/mol. The Hall–Kier alpha value is -0.130. The van der Waals surface area contributed by atoms with E-state index in [1.54, 1.807) is 0 Å². The molecule has 1 aliphatic carbocycles. The maximum Gasteiger partial charge on any atom is 0.209 e. The molecule has 0 radical (unpaired) electrons. The molecule has 0 aliphatic heterocycles. The summed E-state index contributed by atoms with van der Waals surface area (Å²) < 4.78 is 21.6. The fraction of sp³-hybridized carbons (Fsp3) is 1.00. The summed E-state index contributed by atoms with van der Waals surface area (Å²) in [6, 6.07) is 0.676. The normalized spacial score (nSPS) is 18.9. The van der Waals surface area contributed by atoms with Crippen LogP contribution in [0, 0.1) is 0 Å². The van der Waals surface area contributed by atoms with Gasteiger partial charge in [0.25, 0.3) is 0 Å². The Balaban J connectivity index is 2.27. The zero-order valence-corrected chi connectivity index (χ0v) is 10.3. The monoisotopic (exact) mass is 234 g/mol. The molecule has 1 aliphatic rings. The van der Waals surface area contributed by atoms with Gasteiger partial charge >= 0.3 is 0 Å². The fourth-order valence-electron chi connectivity index (χ4n) is 2.34. The van der Waals surface area contributed by atoms with Crippen molar-refractivity contribution in [3.63, 3.8) is 0 Å². The van der Waals surface area contributed by atoms with Crippen LogP contribution in [0.1, 0.15) is 39.0 Å². The molecule has 0 aromatic rings. The van der Waals surface area contributed by atoms with Crippen LogP contribution >= 0.6 is 0 Å². The highest BCUT2D eigenvalue weighted by Crippen LogP contribution is 2.23. The highest BCUT2D eigenvalue weighted by molar-refractivity contribution is 7.89. The number of hydrogen-bond donors (Lipinski definition) is 1. The van der Waals surface area contributed by atoms with E-state index in [0.717, 1.165) is 13.1 Å². The average Bonchev–Trinajstić information content (AvgIpc) is 2.63. The smallest absolute Gasteiger partial charge is 0.209 e. The Kier molecular flexibility index (Phi) is 5.02. The predicted octanol–water partition coefficient (Wildman–Crippen LogP) is 0.930. The molecule has 1 fully saturated rings. The van der Waals surface area contributed by atoms with Crippen LogP contribution in [0.4, 0.5) is 0 Å². The number of primary sulfonamides is 1. The highest BCUT2D eigenvalue weighted by Gasteiger charge is 2.20. The van der Waals surface area contributed by atoms with Gasteiger partial charge in [-0.2, -0.15) is 0 Å². The van der Waals surface area contributed by atoms with Crippen molar-refractivity contribution < 1.29 is 8.42 Å². The van der Waals surface area contributed by atoms with Crippen molar-refractivity contribution in [2.45, 2.75) is 45.1 Å². The number of nitrogens with zero attached hydrogens (tertiary/aromatic N) is 1. The average molecular weight is 234 g/mol. The molecule has 0 atom stereocenters. The summed E-state index contributed by atoms with van der Waals surface area (Å²) in [5.41, 5.74) is 0. The van der Waals surface area contributed by atoms with Gasteiger partial charge in [-0.1, -0.05) is 19.8 Å². The summed E-state index contributed by atoms with van der Waals surface area (Å²) in [4.78, 5) is 2.39. The van der Waals surface area contributed by atoms with Crippen molar-refractivity contribution in [3.05, 3.63) is 0 Å². The van der Waals surface area contributed by atoms with Crippen molar-refractivity contribution >= 4 is 10.0 Å². The third-order valence-corrected chi connectivity index (χ3v) is 3.98. The Morgan fingerprint density at radius 3 is 2.40 bits per heavy atom. The van der Waals surface area contributed by atoms with Gasteiger partial charge in [-0.05, 0) is 32.4 Å². The van der Waals surface area contributed by atoms with Gasteiger partial charge in [0.1, 0.15) is 0 Å². The zero-order valence-electron chi connectivity index (χ0n) is 9.48. The van der Waals surface area contributed by atoms with Crippen LogP contribution in [0.3, 0.4) is 0 Å². The van der Waals surface area contributed by atoms with E-state index in [9.17, 15) is 8.42 Å². The number of sulfonamides is 1. The van der Waals surface area contributed by atoms with Crippen molar-refractivity contribution in [2.75, 3.05) is 18.8 Å². The van der Waals surface area contributed by atoms with Gasteiger partial charge in [-0.15, -0.1) is 0 Å². The van der Waals surface area contributed by atoms with E-state index < -0.39 is 10.0 Å². The molecule has 4 nitrogen and oxygen atoms in total. The lowest BCUT2D eigenvalue weighted by Crippen LogP contribution is -2.35. The molecule has 0 saturated heterocycles. The van der Waals surface area contributed by atoms with E-state index in [1.807, 2.05) is 0 Å². The van der Waals surface area contributed by atoms with Crippen LogP contribution < -0.4 is 5.14 Å². The van der Waals surface area contributed by atoms with Crippen molar-refractivity contribution in [2.24, 2.45) is 5.14 Å². The van der Waals surface area contributed by atoms with Gasteiger partial charge in [0.2, 0.25) is 10.0 Å². The zero-order chi connectivity index (χ0) is 11.3. The van der Waals surface area contributed by atoms with Gasteiger partial charge in [0, 0.05) is 6.04 Å². The second kappa shape index (κ2) is 5.82. The minimum atomic E-state index is -3.28. The van der Waals surface area contributed by atoms with Crippen LogP contribution in [0.25, 0.3) is 0 Å².